The summed E-state index contributed by atoms with van der Waals surface area (Å²) in [4.78, 5) is 10.4. The van der Waals surface area contributed by atoms with E-state index in [1.807, 2.05) is 36.4 Å². The van der Waals surface area contributed by atoms with Crippen LogP contribution in [0.1, 0.15) is 69.1 Å². The monoisotopic (exact) mass is 379 g/mol. The van der Waals surface area contributed by atoms with Crippen molar-refractivity contribution in [1.29, 1.82) is 0 Å². The van der Waals surface area contributed by atoms with E-state index < -0.39 is 11.0 Å². The van der Waals surface area contributed by atoms with Crippen LogP contribution in [0.5, 0.6) is 0 Å². The molecule has 0 aliphatic rings. The van der Waals surface area contributed by atoms with Gasteiger partial charge in [-0.1, -0.05) is 57.0 Å². The first-order valence-corrected chi connectivity index (χ1v) is 9.98. The van der Waals surface area contributed by atoms with Crippen LogP contribution in [0.25, 0.3) is 0 Å². The second kappa shape index (κ2) is 11.2. The minimum atomic E-state index is -0.801. The number of rotatable bonds is 10. The number of unbranched alkanes of at least 4 members (excludes halogenated alkanes) is 2. The minimum Gasteiger partial charge on any atom is -0.387 e. The van der Waals surface area contributed by atoms with Crippen molar-refractivity contribution >= 4 is 5.69 Å². The average Bonchev–Trinajstić information content (AvgIpc) is 2.73. The molecule has 4 nitrogen and oxygen atoms in total. The van der Waals surface area contributed by atoms with Crippen molar-refractivity contribution in [3.8, 4) is 0 Å². The number of non-ortho nitro benzene ring substituents is 1. The van der Waals surface area contributed by atoms with Crippen molar-refractivity contribution in [1.82, 2.24) is 0 Å². The zero-order chi connectivity index (χ0) is 20.4. The molecule has 0 bridgehead atoms. The minimum absolute atomic E-state index is 0.0202. The molecule has 0 aliphatic carbocycles. The van der Waals surface area contributed by atoms with Gasteiger partial charge in [0.05, 0.1) is 11.0 Å². The van der Waals surface area contributed by atoms with Crippen LogP contribution in [0.4, 0.5) is 5.69 Å². The van der Waals surface area contributed by atoms with Crippen LogP contribution in [0.2, 0.25) is 0 Å². The molecular weight excluding hydrogens is 350 g/mol. The first-order valence-electron chi connectivity index (χ1n) is 9.98. The van der Waals surface area contributed by atoms with Gasteiger partial charge in [0.1, 0.15) is 0 Å². The molecule has 28 heavy (non-hydrogen) atoms. The maximum Gasteiger partial charge on any atom is 0.269 e. The number of nitro groups is 1. The summed E-state index contributed by atoms with van der Waals surface area (Å²) >= 11 is 0. The highest BCUT2D eigenvalue weighted by molar-refractivity contribution is 5.36. The van der Waals surface area contributed by atoms with Crippen molar-refractivity contribution in [3.63, 3.8) is 0 Å². The van der Waals surface area contributed by atoms with Gasteiger partial charge in [-0.05, 0) is 54.2 Å². The van der Waals surface area contributed by atoms with Crippen LogP contribution >= 0.6 is 0 Å². The molecule has 0 amide bonds. The van der Waals surface area contributed by atoms with Crippen molar-refractivity contribution in [3.05, 3.63) is 93.2 Å². The van der Waals surface area contributed by atoms with E-state index >= 15 is 0 Å². The Morgan fingerprint density at radius 2 is 1.75 bits per heavy atom. The number of hydrogen-bond donors (Lipinski definition) is 1. The summed E-state index contributed by atoms with van der Waals surface area (Å²) in [5, 5.41) is 21.9. The van der Waals surface area contributed by atoms with Crippen LogP contribution in [-0.4, -0.2) is 10.0 Å². The van der Waals surface area contributed by atoms with Gasteiger partial charge in [0.15, 0.2) is 0 Å². The quantitative estimate of drug-likeness (QED) is 0.222. The molecule has 2 atom stereocenters. The number of aliphatic hydroxyl groups excluding tert-OH is 1. The lowest BCUT2D eigenvalue weighted by Crippen LogP contribution is -2.09. The molecular formula is C24H29NO3. The Labute approximate surface area is 167 Å². The van der Waals surface area contributed by atoms with E-state index in [0.29, 0.717) is 5.56 Å². The summed E-state index contributed by atoms with van der Waals surface area (Å²) < 4.78 is 0. The summed E-state index contributed by atoms with van der Waals surface area (Å²) in [7, 11) is 0. The molecule has 0 spiro atoms. The third-order valence-electron chi connectivity index (χ3n) is 4.95. The normalized spacial score (nSPS) is 12.7. The Kier molecular flexibility index (Phi) is 8.67. The van der Waals surface area contributed by atoms with Crippen LogP contribution in [0.15, 0.2) is 72.0 Å². The molecule has 0 saturated heterocycles. The fourth-order valence-corrected chi connectivity index (χ4v) is 3.19. The predicted molar refractivity (Wildman–Crippen MR) is 113 cm³/mol. The maximum absolute atomic E-state index is 11.0. The lowest BCUT2D eigenvalue weighted by Gasteiger charge is -2.20. The van der Waals surface area contributed by atoms with Gasteiger partial charge >= 0.3 is 0 Å². The Morgan fingerprint density at radius 3 is 2.32 bits per heavy atom. The number of hydrogen-bond acceptors (Lipinski definition) is 3. The molecule has 2 rings (SSSR count). The number of benzene rings is 2. The topological polar surface area (TPSA) is 63.4 Å². The molecule has 2 aromatic carbocycles. The Hall–Kier alpha value is -2.68. The van der Waals surface area contributed by atoms with E-state index in [-0.39, 0.29) is 11.6 Å². The molecule has 0 heterocycles. The molecule has 0 radical (unpaired) electrons. The highest BCUT2D eigenvalue weighted by atomic mass is 16.6. The van der Waals surface area contributed by atoms with E-state index in [1.165, 1.54) is 30.5 Å². The van der Waals surface area contributed by atoms with Crippen LogP contribution in [0.3, 0.4) is 0 Å². The lowest BCUT2D eigenvalue weighted by atomic mass is 9.88. The first-order chi connectivity index (χ1) is 13.6. The molecule has 0 unspecified atom stereocenters. The van der Waals surface area contributed by atoms with E-state index in [2.05, 4.69) is 19.6 Å². The summed E-state index contributed by atoms with van der Waals surface area (Å²) in [6.07, 6.45) is 6.66. The zero-order valence-electron chi connectivity index (χ0n) is 16.7. The van der Waals surface area contributed by atoms with Crippen molar-refractivity contribution in [2.24, 2.45) is 0 Å². The van der Waals surface area contributed by atoms with Gasteiger partial charge in [-0.15, -0.1) is 5.73 Å². The smallest absolute Gasteiger partial charge is 0.269 e. The van der Waals surface area contributed by atoms with Crippen LogP contribution < -0.4 is 0 Å². The summed E-state index contributed by atoms with van der Waals surface area (Å²) in [5.74, 6) is -0.268. The van der Waals surface area contributed by atoms with Gasteiger partial charge in [-0.3, -0.25) is 10.1 Å². The molecule has 4 heteroatoms. The molecule has 0 aliphatic heterocycles. The summed E-state index contributed by atoms with van der Waals surface area (Å²) in [6, 6.07) is 15.9. The van der Waals surface area contributed by atoms with Gasteiger partial charge in [-0.25, -0.2) is 0 Å². The summed E-state index contributed by atoms with van der Waals surface area (Å²) in [5.41, 5.74) is 6.35. The van der Waals surface area contributed by atoms with Gasteiger partial charge in [0.2, 0.25) is 0 Å². The van der Waals surface area contributed by atoms with Gasteiger partial charge in [-0.2, -0.15) is 0 Å². The fourth-order valence-electron chi connectivity index (χ4n) is 3.19. The molecule has 148 valence electrons. The lowest BCUT2D eigenvalue weighted by molar-refractivity contribution is -0.384. The second-order valence-corrected chi connectivity index (χ2v) is 6.96. The van der Waals surface area contributed by atoms with Crippen molar-refractivity contribution in [2.75, 3.05) is 0 Å². The predicted octanol–water partition coefficient (Wildman–Crippen LogP) is 6.48. The van der Waals surface area contributed by atoms with E-state index in [0.717, 1.165) is 24.8 Å². The molecule has 2 aromatic rings. The molecule has 0 fully saturated rings. The number of nitrogens with zero attached hydrogens (tertiary/aromatic N) is 1. The van der Waals surface area contributed by atoms with E-state index in [1.54, 1.807) is 12.1 Å². The van der Waals surface area contributed by atoms with Gasteiger partial charge < -0.3 is 5.11 Å². The number of nitro benzene ring substituents is 1. The molecule has 1 N–H and O–H groups in total. The maximum atomic E-state index is 11.0. The molecule has 0 aromatic heterocycles. The third-order valence-corrected chi connectivity index (χ3v) is 4.95. The fraction of sp³-hybridized carbons (Fsp3) is 0.375. The van der Waals surface area contributed by atoms with Crippen LogP contribution in [-0.2, 0) is 0 Å². The number of aliphatic hydroxyl groups is 1. The summed E-state index contributed by atoms with van der Waals surface area (Å²) in [6.45, 7) is 4.32. The first kappa shape index (κ1) is 21.6. The Bertz CT molecular complexity index is 806. The van der Waals surface area contributed by atoms with E-state index in [4.69, 9.17) is 0 Å². The van der Waals surface area contributed by atoms with Crippen molar-refractivity contribution < 1.29 is 10.0 Å². The zero-order valence-corrected chi connectivity index (χ0v) is 16.7. The SMILES string of the molecule is CCCCCC(=C=C[C@@H](c1ccccc1)[C@@H](O)c1ccc([N+](=O)[O-])cc1)CC. The van der Waals surface area contributed by atoms with E-state index in [9.17, 15) is 15.2 Å². The van der Waals surface area contributed by atoms with Gasteiger partial charge in [0, 0.05) is 18.1 Å². The Balaban J connectivity index is 2.33. The second-order valence-electron chi connectivity index (χ2n) is 6.96. The average molecular weight is 380 g/mol. The molecule has 0 saturated carbocycles. The standard InChI is InChI=1S/C24H29NO3/c1-3-5-7-10-19(4-2)13-18-23(20-11-8-6-9-12-20)24(26)21-14-16-22(17-15-21)25(27)28/h6,8-9,11-12,14-18,23-24,26H,3-5,7,10H2,1-2H3/t13?,23-,24-/m0/s1. The largest absolute Gasteiger partial charge is 0.387 e. The Morgan fingerprint density at radius 1 is 1.07 bits per heavy atom. The highest BCUT2D eigenvalue weighted by Gasteiger charge is 2.21. The van der Waals surface area contributed by atoms with Crippen LogP contribution in [0, 0.1) is 10.1 Å². The van der Waals surface area contributed by atoms with Gasteiger partial charge in [0.25, 0.3) is 5.69 Å². The highest BCUT2D eigenvalue weighted by Crippen LogP contribution is 2.33. The third kappa shape index (κ3) is 6.19. The van der Waals surface area contributed by atoms with Crippen molar-refractivity contribution in [2.45, 2.75) is 58.0 Å².